The molecule has 2 aromatic rings. The number of hydrogen-bond acceptors (Lipinski definition) is 3. The molecule has 0 radical (unpaired) electrons. The summed E-state index contributed by atoms with van der Waals surface area (Å²) in [5, 5.41) is 3.50. The molecule has 112 valence electrons. The maximum absolute atomic E-state index is 5.53. The Morgan fingerprint density at radius 3 is 2.71 bits per heavy atom. The molecule has 3 heteroatoms. The highest BCUT2D eigenvalue weighted by atomic mass is 16.5. The number of methoxy groups -OCH3 is 1. The molecule has 0 bridgehead atoms. The monoisotopic (exact) mass is 285 g/mol. The first-order valence-corrected chi connectivity index (χ1v) is 7.36. The quantitative estimate of drug-likeness (QED) is 0.798. The largest absolute Gasteiger partial charge is 0.494 e. The Balaban J connectivity index is 2.00. The molecule has 0 aliphatic rings. The van der Waals surface area contributed by atoms with E-state index in [1.54, 1.807) is 7.11 Å². The van der Waals surface area contributed by atoms with Gasteiger partial charge in [0, 0.05) is 19.3 Å². The minimum Gasteiger partial charge on any atom is -0.494 e. The van der Waals surface area contributed by atoms with Crippen LogP contribution in [0.5, 0.6) is 5.75 Å². The molecule has 0 saturated carbocycles. The Kier molecular flexibility index (Phi) is 6.10. The van der Waals surface area contributed by atoms with Crippen LogP contribution in [-0.2, 0) is 17.7 Å². The van der Waals surface area contributed by atoms with Crippen molar-refractivity contribution in [2.24, 2.45) is 0 Å². The third kappa shape index (κ3) is 4.80. The highest BCUT2D eigenvalue weighted by molar-refractivity contribution is 5.51. The van der Waals surface area contributed by atoms with E-state index in [9.17, 15) is 0 Å². The molecule has 0 amide bonds. The number of nitrogens with one attached hydrogen (secondary N) is 1. The van der Waals surface area contributed by atoms with Crippen molar-refractivity contribution >= 4 is 5.69 Å². The molecule has 2 aromatic carbocycles. The van der Waals surface area contributed by atoms with Crippen LogP contribution in [0.2, 0.25) is 0 Å². The fourth-order valence-corrected chi connectivity index (χ4v) is 2.23. The molecule has 0 aliphatic carbocycles. The second-order valence-corrected chi connectivity index (χ2v) is 4.83. The van der Waals surface area contributed by atoms with E-state index in [-0.39, 0.29) is 0 Å². The molecule has 2 rings (SSSR count). The molecule has 0 unspecified atom stereocenters. The van der Waals surface area contributed by atoms with Gasteiger partial charge < -0.3 is 14.8 Å². The number of rotatable bonds is 8. The lowest BCUT2D eigenvalue weighted by molar-refractivity contribution is 0.202. The maximum Gasteiger partial charge on any atom is 0.119 e. The van der Waals surface area contributed by atoms with Crippen LogP contribution in [0.3, 0.4) is 0 Å². The minimum absolute atomic E-state index is 0.691. The third-order valence-corrected chi connectivity index (χ3v) is 3.29. The van der Waals surface area contributed by atoms with Crippen LogP contribution in [0.4, 0.5) is 5.69 Å². The summed E-state index contributed by atoms with van der Waals surface area (Å²) in [4.78, 5) is 0. The van der Waals surface area contributed by atoms with Gasteiger partial charge in [0.15, 0.2) is 0 Å². The van der Waals surface area contributed by atoms with Crippen molar-refractivity contribution in [2.45, 2.75) is 19.9 Å². The Morgan fingerprint density at radius 1 is 1.05 bits per heavy atom. The molecule has 0 aromatic heterocycles. The predicted octanol–water partition coefficient (Wildman–Crippen LogP) is 3.89. The van der Waals surface area contributed by atoms with Crippen molar-refractivity contribution in [2.75, 3.05) is 25.6 Å². The number of hydrogen-bond donors (Lipinski definition) is 1. The smallest absolute Gasteiger partial charge is 0.119 e. The topological polar surface area (TPSA) is 30.5 Å². The van der Waals surface area contributed by atoms with Crippen molar-refractivity contribution in [3.05, 3.63) is 59.7 Å². The van der Waals surface area contributed by atoms with Crippen LogP contribution in [0.1, 0.15) is 18.1 Å². The van der Waals surface area contributed by atoms with Gasteiger partial charge in [-0.1, -0.05) is 30.3 Å². The standard InChI is InChI=1S/C18H23NO2/c1-3-21-17-9-6-7-15(13-17)14-19-18-10-5-4-8-16(18)11-12-20-2/h4-10,13,19H,3,11-12,14H2,1-2H3. The summed E-state index contributed by atoms with van der Waals surface area (Å²) < 4.78 is 10.7. The van der Waals surface area contributed by atoms with E-state index >= 15 is 0 Å². The van der Waals surface area contributed by atoms with E-state index in [1.165, 1.54) is 11.1 Å². The molecule has 1 N–H and O–H groups in total. The summed E-state index contributed by atoms with van der Waals surface area (Å²) in [5.74, 6) is 0.921. The summed E-state index contributed by atoms with van der Waals surface area (Å²) in [5.41, 5.74) is 3.65. The van der Waals surface area contributed by atoms with Gasteiger partial charge >= 0.3 is 0 Å². The van der Waals surface area contributed by atoms with Gasteiger partial charge in [-0.15, -0.1) is 0 Å². The normalized spacial score (nSPS) is 10.4. The van der Waals surface area contributed by atoms with Crippen molar-refractivity contribution < 1.29 is 9.47 Å². The average molecular weight is 285 g/mol. The number of para-hydroxylation sites is 1. The van der Waals surface area contributed by atoms with Crippen molar-refractivity contribution in [1.29, 1.82) is 0 Å². The van der Waals surface area contributed by atoms with Crippen molar-refractivity contribution in [1.82, 2.24) is 0 Å². The van der Waals surface area contributed by atoms with Gasteiger partial charge in [-0.3, -0.25) is 0 Å². The second-order valence-electron chi connectivity index (χ2n) is 4.83. The predicted molar refractivity (Wildman–Crippen MR) is 87.0 cm³/mol. The minimum atomic E-state index is 0.691. The van der Waals surface area contributed by atoms with E-state index in [2.05, 4.69) is 41.7 Å². The zero-order valence-corrected chi connectivity index (χ0v) is 12.8. The van der Waals surface area contributed by atoms with E-state index in [0.717, 1.165) is 31.0 Å². The first kappa shape index (κ1) is 15.4. The van der Waals surface area contributed by atoms with Crippen molar-refractivity contribution in [3.63, 3.8) is 0 Å². The van der Waals surface area contributed by atoms with E-state index in [1.807, 2.05) is 19.1 Å². The molecule has 0 fully saturated rings. The number of ether oxygens (including phenoxy) is 2. The van der Waals surface area contributed by atoms with E-state index in [0.29, 0.717) is 6.61 Å². The maximum atomic E-state index is 5.53. The first-order valence-electron chi connectivity index (χ1n) is 7.36. The Labute approximate surface area is 126 Å². The highest BCUT2D eigenvalue weighted by Gasteiger charge is 2.02. The molecule has 3 nitrogen and oxygen atoms in total. The van der Waals surface area contributed by atoms with Crippen LogP contribution >= 0.6 is 0 Å². The molecule has 21 heavy (non-hydrogen) atoms. The van der Waals surface area contributed by atoms with Crippen LogP contribution in [0.25, 0.3) is 0 Å². The average Bonchev–Trinajstić information content (AvgIpc) is 2.52. The van der Waals surface area contributed by atoms with Gasteiger partial charge in [0.2, 0.25) is 0 Å². The Morgan fingerprint density at radius 2 is 1.90 bits per heavy atom. The Bertz CT molecular complexity index is 554. The van der Waals surface area contributed by atoms with Gasteiger partial charge in [-0.2, -0.15) is 0 Å². The van der Waals surface area contributed by atoms with Crippen molar-refractivity contribution in [3.8, 4) is 5.75 Å². The molecule has 0 atom stereocenters. The Hall–Kier alpha value is -2.00. The zero-order valence-electron chi connectivity index (χ0n) is 12.8. The lowest BCUT2D eigenvalue weighted by Gasteiger charge is -2.12. The van der Waals surface area contributed by atoms with Gasteiger partial charge in [0.25, 0.3) is 0 Å². The number of anilines is 1. The summed E-state index contributed by atoms with van der Waals surface area (Å²) in [6.07, 6.45) is 0.915. The van der Waals surface area contributed by atoms with Gasteiger partial charge in [-0.25, -0.2) is 0 Å². The van der Waals surface area contributed by atoms with Crippen LogP contribution < -0.4 is 10.1 Å². The summed E-state index contributed by atoms with van der Waals surface area (Å²) >= 11 is 0. The van der Waals surface area contributed by atoms with Crippen LogP contribution in [0.15, 0.2) is 48.5 Å². The van der Waals surface area contributed by atoms with Crippen LogP contribution in [0, 0.1) is 0 Å². The third-order valence-electron chi connectivity index (χ3n) is 3.29. The fourth-order valence-electron chi connectivity index (χ4n) is 2.23. The second kappa shape index (κ2) is 8.32. The molecule has 0 aliphatic heterocycles. The zero-order chi connectivity index (χ0) is 14.9. The first-order chi connectivity index (χ1) is 10.3. The molecular formula is C18H23NO2. The summed E-state index contributed by atoms with van der Waals surface area (Å²) in [6.45, 7) is 4.21. The van der Waals surface area contributed by atoms with Crippen LogP contribution in [-0.4, -0.2) is 20.3 Å². The number of benzene rings is 2. The van der Waals surface area contributed by atoms with Gasteiger partial charge in [-0.05, 0) is 42.7 Å². The lowest BCUT2D eigenvalue weighted by atomic mass is 10.1. The van der Waals surface area contributed by atoms with Gasteiger partial charge in [0.05, 0.1) is 13.2 Å². The highest BCUT2D eigenvalue weighted by Crippen LogP contribution is 2.18. The molecule has 0 saturated heterocycles. The summed E-state index contributed by atoms with van der Waals surface area (Å²) in [7, 11) is 1.73. The molecule has 0 spiro atoms. The van der Waals surface area contributed by atoms with E-state index in [4.69, 9.17) is 9.47 Å². The molecule has 0 heterocycles. The molecular weight excluding hydrogens is 262 g/mol. The fraction of sp³-hybridized carbons (Fsp3) is 0.333. The SMILES string of the molecule is CCOc1cccc(CNc2ccccc2CCOC)c1. The summed E-state index contributed by atoms with van der Waals surface area (Å²) in [6, 6.07) is 16.6. The van der Waals surface area contributed by atoms with Gasteiger partial charge in [0.1, 0.15) is 5.75 Å². The van der Waals surface area contributed by atoms with E-state index < -0.39 is 0 Å². The lowest BCUT2D eigenvalue weighted by Crippen LogP contribution is -2.04.